The lowest BCUT2D eigenvalue weighted by molar-refractivity contribution is 0.0429. The number of benzene rings is 1. The van der Waals surface area contributed by atoms with E-state index in [0.29, 0.717) is 24.1 Å². The quantitative estimate of drug-likeness (QED) is 0.847. The maximum atomic E-state index is 6.31. The number of nitrogens with two attached hydrogens (primary N) is 1. The lowest BCUT2D eigenvalue weighted by Crippen LogP contribution is -2.42. The second-order valence-corrected chi connectivity index (χ2v) is 4.84. The van der Waals surface area contributed by atoms with E-state index in [1.54, 1.807) is 12.1 Å². The summed E-state index contributed by atoms with van der Waals surface area (Å²) in [5.74, 6) is 0.582. The van der Waals surface area contributed by atoms with E-state index in [0.717, 1.165) is 23.9 Å². The molecule has 2 N–H and O–H groups in total. The van der Waals surface area contributed by atoms with Gasteiger partial charge in [0.2, 0.25) is 5.89 Å². The van der Waals surface area contributed by atoms with Gasteiger partial charge in [-0.3, -0.25) is 0 Å². The first kappa shape index (κ1) is 11.0. The molecule has 1 aliphatic heterocycles. The van der Waals surface area contributed by atoms with E-state index in [2.05, 4.69) is 4.98 Å². The average molecular weight is 253 g/mol. The average Bonchev–Trinajstić information content (AvgIpc) is 2.73. The summed E-state index contributed by atoms with van der Waals surface area (Å²) in [6, 6.07) is 5.38. The molecule has 0 radical (unpaired) electrons. The topological polar surface area (TPSA) is 61.3 Å². The number of oxazole rings is 1. The Morgan fingerprint density at radius 1 is 1.29 bits per heavy atom. The molecular weight excluding hydrogens is 240 g/mol. The van der Waals surface area contributed by atoms with Crippen LogP contribution in [0.2, 0.25) is 5.02 Å². The molecule has 17 heavy (non-hydrogen) atoms. The van der Waals surface area contributed by atoms with E-state index in [9.17, 15) is 0 Å². The first-order valence-corrected chi connectivity index (χ1v) is 5.98. The van der Waals surface area contributed by atoms with Gasteiger partial charge in [0.15, 0.2) is 5.58 Å². The lowest BCUT2D eigenvalue weighted by Gasteiger charge is -2.29. The Morgan fingerprint density at radius 3 is 2.82 bits per heavy atom. The summed E-state index contributed by atoms with van der Waals surface area (Å²) >= 11 is 5.92. The zero-order valence-electron chi connectivity index (χ0n) is 9.28. The van der Waals surface area contributed by atoms with Crippen LogP contribution in [0.5, 0.6) is 0 Å². The van der Waals surface area contributed by atoms with E-state index in [1.807, 2.05) is 6.07 Å². The number of ether oxygens (including phenoxy) is 1. The van der Waals surface area contributed by atoms with Crippen molar-refractivity contribution in [3.8, 4) is 0 Å². The molecule has 90 valence electrons. The minimum Gasteiger partial charge on any atom is -0.439 e. The second kappa shape index (κ2) is 3.98. The Balaban J connectivity index is 2.05. The molecule has 1 aromatic carbocycles. The third-order valence-electron chi connectivity index (χ3n) is 3.16. The standard InChI is InChI=1S/C12H13ClN2O2/c13-8-1-2-10-9(7-8)15-11(17-10)12(14)3-5-16-6-4-12/h1-2,7H,3-6,14H2. The van der Waals surface area contributed by atoms with Gasteiger partial charge >= 0.3 is 0 Å². The molecule has 5 heteroatoms. The highest BCUT2D eigenvalue weighted by atomic mass is 35.5. The minimum absolute atomic E-state index is 0.510. The van der Waals surface area contributed by atoms with Crippen molar-refractivity contribution in [3.05, 3.63) is 29.1 Å². The predicted molar refractivity (Wildman–Crippen MR) is 64.9 cm³/mol. The van der Waals surface area contributed by atoms with Crippen LogP contribution in [0, 0.1) is 0 Å². The Bertz CT molecular complexity index is 546. The highest BCUT2D eigenvalue weighted by molar-refractivity contribution is 6.31. The highest BCUT2D eigenvalue weighted by Gasteiger charge is 2.35. The number of rotatable bonds is 1. The molecule has 1 aromatic heterocycles. The van der Waals surface area contributed by atoms with Crippen LogP contribution in [0.15, 0.2) is 22.6 Å². The molecule has 0 saturated carbocycles. The zero-order chi connectivity index (χ0) is 11.9. The van der Waals surface area contributed by atoms with Crippen LogP contribution in [-0.2, 0) is 10.3 Å². The maximum absolute atomic E-state index is 6.31. The van der Waals surface area contributed by atoms with Gasteiger partial charge in [0.05, 0.1) is 5.54 Å². The van der Waals surface area contributed by atoms with Gasteiger partial charge in [0.25, 0.3) is 0 Å². The van der Waals surface area contributed by atoms with E-state index in [1.165, 1.54) is 0 Å². The van der Waals surface area contributed by atoms with Gasteiger partial charge in [-0.2, -0.15) is 0 Å². The molecule has 0 unspecified atom stereocenters. The fraction of sp³-hybridized carbons (Fsp3) is 0.417. The zero-order valence-corrected chi connectivity index (χ0v) is 10.0. The summed E-state index contributed by atoms with van der Waals surface area (Å²) in [5, 5.41) is 0.649. The largest absolute Gasteiger partial charge is 0.439 e. The van der Waals surface area contributed by atoms with Crippen molar-refractivity contribution >= 4 is 22.7 Å². The number of halogens is 1. The molecule has 3 rings (SSSR count). The van der Waals surface area contributed by atoms with Gasteiger partial charge < -0.3 is 14.9 Å². The Kier molecular flexibility index (Phi) is 2.58. The first-order valence-electron chi connectivity index (χ1n) is 5.61. The van der Waals surface area contributed by atoms with Gasteiger partial charge in [-0.15, -0.1) is 0 Å². The molecule has 0 bridgehead atoms. The molecule has 0 atom stereocenters. The van der Waals surface area contributed by atoms with Gasteiger partial charge in [0.1, 0.15) is 5.52 Å². The van der Waals surface area contributed by atoms with Crippen LogP contribution >= 0.6 is 11.6 Å². The number of aromatic nitrogens is 1. The summed E-state index contributed by atoms with van der Waals surface area (Å²) in [4.78, 5) is 4.44. The summed E-state index contributed by atoms with van der Waals surface area (Å²) in [7, 11) is 0. The van der Waals surface area contributed by atoms with Crippen molar-refractivity contribution in [2.24, 2.45) is 5.73 Å². The molecule has 0 amide bonds. The smallest absolute Gasteiger partial charge is 0.215 e. The molecular formula is C12H13ClN2O2. The fourth-order valence-electron chi connectivity index (χ4n) is 2.06. The molecule has 1 fully saturated rings. The van der Waals surface area contributed by atoms with Crippen LogP contribution in [0.1, 0.15) is 18.7 Å². The molecule has 0 spiro atoms. The molecule has 2 aromatic rings. The molecule has 1 aliphatic rings. The van der Waals surface area contributed by atoms with Crippen molar-refractivity contribution < 1.29 is 9.15 Å². The van der Waals surface area contributed by atoms with E-state index in [-0.39, 0.29) is 0 Å². The van der Waals surface area contributed by atoms with Crippen molar-refractivity contribution in [2.45, 2.75) is 18.4 Å². The van der Waals surface area contributed by atoms with Crippen LogP contribution < -0.4 is 5.73 Å². The Labute approximate surface area is 104 Å². The predicted octanol–water partition coefficient (Wildman–Crippen LogP) is 2.45. The van der Waals surface area contributed by atoms with Gasteiger partial charge in [-0.1, -0.05) is 11.6 Å². The monoisotopic (exact) mass is 252 g/mol. The van der Waals surface area contributed by atoms with Gasteiger partial charge in [0, 0.05) is 18.2 Å². The number of hydrogen-bond donors (Lipinski definition) is 1. The van der Waals surface area contributed by atoms with E-state index in [4.69, 9.17) is 26.5 Å². The molecule has 2 heterocycles. The van der Waals surface area contributed by atoms with Crippen LogP contribution in [-0.4, -0.2) is 18.2 Å². The summed E-state index contributed by atoms with van der Waals surface area (Å²) in [6.45, 7) is 1.30. The van der Waals surface area contributed by atoms with Crippen LogP contribution in [0.3, 0.4) is 0 Å². The number of hydrogen-bond acceptors (Lipinski definition) is 4. The van der Waals surface area contributed by atoms with Crippen molar-refractivity contribution in [3.63, 3.8) is 0 Å². The molecule has 1 saturated heterocycles. The third kappa shape index (κ3) is 1.92. The third-order valence-corrected chi connectivity index (χ3v) is 3.40. The number of nitrogens with zero attached hydrogens (tertiary/aromatic N) is 1. The first-order chi connectivity index (χ1) is 8.17. The van der Waals surface area contributed by atoms with Crippen LogP contribution in [0.25, 0.3) is 11.1 Å². The normalized spacial score (nSPS) is 19.6. The van der Waals surface area contributed by atoms with E-state index >= 15 is 0 Å². The van der Waals surface area contributed by atoms with Gasteiger partial charge in [-0.25, -0.2) is 4.98 Å². The Morgan fingerprint density at radius 2 is 2.06 bits per heavy atom. The summed E-state index contributed by atoms with van der Waals surface area (Å²) < 4.78 is 11.0. The van der Waals surface area contributed by atoms with Crippen molar-refractivity contribution in [1.82, 2.24) is 4.98 Å². The van der Waals surface area contributed by atoms with Gasteiger partial charge in [-0.05, 0) is 31.0 Å². The maximum Gasteiger partial charge on any atom is 0.215 e. The van der Waals surface area contributed by atoms with E-state index < -0.39 is 5.54 Å². The van der Waals surface area contributed by atoms with Crippen LogP contribution in [0.4, 0.5) is 0 Å². The molecule has 0 aliphatic carbocycles. The Hall–Kier alpha value is -1.10. The minimum atomic E-state index is -0.510. The lowest BCUT2D eigenvalue weighted by atomic mass is 9.91. The summed E-state index contributed by atoms with van der Waals surface area (Å²) in [6.07, 6.45) is 1.46. The SMILES string of the molecule is NC1(c2nc3cc(Cl)ccc3o2)CCOCC1. The fourth-order valence-corrected chi connectivity index (χ4v) is 2.23. The second-order valence-electron chi connectivity index (χ2n) is 4.40. The number of fused-ring (bicyclic) bond motifs is 1. The van der Waals surface area contributed by atoms with Crippen molar-refractivity contribution in [1.29, 1.82) is 0 Å². The summed E-state index contributed by atoms with van der Waals surface area (Å²) in [5.41, 5.74) is 7.28. The molecule has 4 nitrogen and oxygen atoms in total. The highest BCUT2D eigenvalue weighted by Crippen LogP contribution is 2.31. The van der Waals surface area contributed by atoms with Crippen molar-refractivity contribution in [2.75, 3.05) is 13.2 Å².